The molecule has 3 heterocycles. The molecule has 0 spiro atoms. The molecule has 0 aromatic carbocycles. The van der Waals surface area contributed by atoms with Gasteiger partial charge in [-0.3, -0.25) is 0 Å². The van der Waals surface area contributed by atoms with Gasteiger partial charge in [0.1, 0.15) is 5.76 Å². The molecule has 27 heavy (non-hydrogen) atoms. The number of hydrogen-bond donors (Lipinski definition) is 2. The van der Waals surface area contributed by atoms with Crippen molar-refractivity contribution in [3.05, 3.63) is 34.5 Å². The first kappa shape index (κ1) is 19.1. The van der Waals surface area contributed by atoms with Gasteiger partial charge in [-0.25, -0.2) is 14.8 Å². The summed E-state index contributed by atoms with van der Waals surface area (Å²) in [5, 5.41) is 9.70. The first-order valence-corrected chi connectivity index (χ1v) is 9.56. The highest BCUT2D eigenvalue weighted by molar-refractivity contribution is 5.73. The van der Waals surface area contributed by atoms with Gasteiger partial charge in [-0.15, -0.1) is 0 Å². The third-order valence-corrected chi connectivity index (χ3v) is 4.78. The Labute approximate surface area is 159 Å². The molecule has 2 amide bonds. The zero-order valence-corrected chi connectivity index (χ0v) is 16.3. The van der Waals surface area contributed by atoms with Crippen LogP contribution in [0.1, 0.15) is 47.7 Å². The van der Waals surface area contributed by atoms with Gasteiger partial charge in [0.05, 0.1) is 17.9 Å². The van der Waals surface area contributed by atoms with E-state index in [0.717, 1.165) is 60.3 Å². The minimum atomic E-state index is -0.187. The van der Waals surface area contributed by atoms with Crippen LogP contribution in [0.4, 0.5) is 10.7 Å². The van der Waals surface area contributed by atoms with Crippen molar-refractivity contribution in [2.45, 2.75) is 53.0 Å². The van der Waals surface area contributed by atoms with E-state index in [9.17, 15) is 4.79 Å². The van der Waals surface area contributed by atoms with Crippen LogP contribution in [-0.4, -0.2) is 40.8 Å². The van der Waals surface area contributed by atoms with Crippen LogP contribution < -0.4 is 15.5 Å². The van der Waals surface area contributed by atoms with Crippen LogP contribution in [-0.2, 0) is 13.0 Å². The Bertz CT molecular complexity index is 763. The van der Waals surface area contributed by atoms with Gasteiger partial charge in [-0.05, 0) is 52.5 Å². The Hall–Kier alpha value is -2.64. The summed E-state index contributed by atoms with van der Waals surface area (Å²) in [7, 11) is 0. The van der Waals surface area contributed by atoms with E-state index in [2.05, 4.69) is 30.7 Å². The lowest BCUT2D eigenvalue weighted by Crippen LogP contribution is -2.36. The summed E-state index contributed by atoms with van der Waals surface area (Å²) in [6.45, 7) is 8.79. The number of rotatable bonds is 7. The molecule has 0 bridgehead atoms. The average molecular weight is 372 g/mol. The molecule has 0 atom stereocenters. The molecule has 8 heteroatoms. The Morgan fingerprint density at radius 2 is 1.96 bits per heavy atom. The Kier molecular flexibility index (Phi) is 6.26. The van der Waals surface area contributed by atoms with Crippen molar-refractivity contribution in [1.29, 1.82) is 0 Å². The Morgan fingerprint density at radius 1 is 1.19 bits per heavy atom. The third kappa shape index (κ3) is 5.18. The summed E-state index contributed by atoms with van der Waals surface area (Å²) in [5.41, 5.74) is 3.80. The predicted molar refractivity (Wildman–Crippen MR) is 103 cm³/mol. The van der Waals surface area contributed by atoms with Gasteiger partial charge in [-0.1, -0.05) is 5.16 Å². The highest BCUT2D eigenvalue weighted by Gasteiger charge is 2.16. The number of aryl methyl sites for hydroxylation is 3. The van der Waals surface area contributed by atoms with Gasteiger partial charge >= 0.3 is 6.03 Å². The lowest BCUT2D eigenvalue weighted by atomic mass is 10.1. The molecular weight excluding hydrogens is 344 g/mol. The molecule has 2 N–H and O–H groups in total. The molecule has 0 unspecified atom stereocenters. The standard InChI is InChI=1S/C19H28N6O2/c1-13-11-16(23-18(22-13)25-9-4-5-10-25)12-21-19(26)20-8-6-7-17-14(2)24-27-15(17)3/h11H,4-10,12H2,1-3H3,(H2,20,21,26). The molecule has 0 radical (unpaired) electrons. The number of carbonyl (C=O) groups is 1. The second-order valence-corrected chi connectivity index (χ2v) is 7.01. The number of nitrogens with one attached hydrogen (secondary N) is 2. The summed E-state index contributed by atoms with van der Waals surface area (Å²) < 4.78 is 5.15. The summed E-state index contributed by atoms with van der Waals surface area (Å²) in [5.74, 6) is 1.62. The van der Waals surface area contributed by atoms with Crippen LogP contribution in [0.25, 0.3) is 0 Å². The minimum absolute atomic E-state index is 0.187. The van der Waals surface area contributed by atoms with Crippen molar-refractivity contribution in [2.75, 3.05) is 24.5 Å². The van der Waals surface area contributed by atoms with Crippen LogP contribution in [0.5, 0.6) is 0 Å². The van der Waals surface area contributed by atoms with Gasteiger partial charge in [0, 0.05) is 30.9 Å². The molecule has 8 nitrogen and oxygen atoms in total. The van der Waals surface area contributed by atoms with Crippen molar-refractivity contribution in [3.8, 4) is 0 Å². The average Bonchev–Trinajstić information content (AvgIpc) is 3.28. The highest BCUT2D eigenvalue weighted by Crippen LogP contribution is 2.16. The van der Waals surface area contributed by atoms with Crippen LogP contribution >= 0.6 is 0 Å². The largest absolute Gasteiger partial charge is 0.361 e. The zero-order chi connectivity index (χ0) is 19.2. The van der Waals surface area contributed by atoms with Gasteiger partial charge < -0.3 is 20.1 Å². The van der Waals surface area contributed by atoms with E-state index in [-0.39, 0.29) is 6.03 Å². The number of urea groups is 1. The molecule has 0 saturated carbocycles. The van der Waals surface area contributed by atoms with E-state index in [1.165, 1.54) is 12.8 Å². The molecule has 146 valence electrons. The maximum absolute atomic E-state index is 12.0. The number of nitrogens with zero attached hydrogens (tertiary/aromatic N) is 4. The quantitative estimate of drug-likeness (QED) is 0.725. The third-order valence-electron chi connectivity index (χ3n) is 4.78. The topological polar surface area (TPSA) is 96.2 Å². The second kappa shape index (κ2) is 8.83. The predicted octanol–water partition coefficient (Wildman–Crippen LogP) is 2.42. The van der Waals surface area contributed by atoms with Gasteiger partial charge in [-0.2, -0.15) is 0 Å². The number of carbonyl (C=O) groups excluding carboxylic acids is 1. The molecular formula is C19H28N6O2. The molecule has 2 aromatic heterocycles. The molecule has 0 aliphatic carbocycles. The van der Waals surface area contributed by atoms with Crippen LogP contribution in [0.15, 0.2) is 10.6 Å². The summed E-state index contributed by atoms with van der Waals surface area (Å²) in [6, 6.07) is 1.73. The van der Waals surface area contributed by atoms with Crippen LogP contribution in [0.2, 0.25) is 0 Å². The van der Waals surface area contributed by atoms with Crippen molar-refractivity contribution >= 4 is 12.0 Å². The Balaban J connectivity index is 1.42. The zero-order valence-electron chi connectivity index (χ0n) is 16.3. The molecule has 1 saturated heterocycles. The second-order valence-electron chi connectivity index (χ2n) is 7.01. The fourth-order valence-electron chi connectivity index (χ4n) is 3.33. The van der Waals surface area contributed by atoms with E-state index in [4.69, 9.17) is 4.52 Å². The molecule has 3 rings (SSSR count). The van der Waals surface area contributed by atoms with Crippen molar-refractivity contribution in [2.24, 2.45) is 0 Å². The summed E-state index contributed by atoms with van der Waals surface area (Å²) in [6.07, 6.45) is 4.04. The van der Waals surface area contributed by atoms with Gasteiger partial charge in [0.2, 0.25) is 5.95 Å². The van der Waals surface area contributed by atoms with E-state index in [0.29, 0.717) is 13.1 Å². The fraction of sp³-hybridized carbons (Fsp3) is 0.579. The molecule has 1 aliphatic rings. The number of amides is 2. The molecule has 1 fully saturated rings. The highest BCUT2D eigenvalue weighted by atomic mass is 16.5. The molecule has 1 aliphatic heterocycles. The maximum atomic E-state index is 12.0. The van der Waals surface area contributed by atoms with Crippen LogP contribution in [0.3, 0.4) is 0 Å². The lowest BCUT2D eigenvalue weighted by Gasteiger charge is -2.16. The first-order chi connectivity index (χ1) is 13.0. The number of hydrogen-bond acceptors (Lipinski definition) is 6. The number of aromatic nitrogens is 3. The lowest BCUT2D eigenvalue weighted by molar-refractivity contribution is 0.240. The SMILES string of the molecule is Cc1cc(CNC(=O)NCCCc2c(C)noc2C)nc(N2CCCC2)n1. The van der Waals surface area contributed by atoms with E-state index in [1.54, 1.807) is 0 Å². The van der Waals surface area contributed by atoms with Crippen molar-refractivity contribution in [1.82, 2.24) is 25.8 Å². The molecule has 2 aromatic rings. The minimum Gasteiger partial charge on any atom is -0.361 e. The van der Waals surface area contributed by atoms with E-state index in [1.807, 2.05) is 26.8 Å². The van der Waals surface area contributed by atoms with E-state index < -0.39 is 0 Å². The summed E-state index contributed by atoms with van der Waals surface area (Å²) in [4.78, 5) is 23.3. The smallest absolute Gasteiger partial charge is 0.315 e. The fourth-order valence-corrected chi connectivity index (χ4v) is 3.33. The van der Waals surface area contributed by atoms with Crippen LogP contribution in [0, 0.1) is 20.8 Å². The monoisotopic (exact) mass is 372 g/mol. The number of anilines is 1. The van der Waals surface area contributed by atoms with Crippen molar-refractivity contribution < 1.29 is 9.32 Å². The van der Waals surface area contributed by atoms with Crippen molar-refractivity contribution in [3.63, 3.8) is 0 Å². The summed E-state index contributed by atoms with van der Waals surface area (Å²) >= 11 is 0. The van der Waals surface area contributed by atoms with E-state index >= 15 is 0 Å². The van der Waals surface area contributed by atoms with Gasteiger partial charge in [0.25, 0.3) is 0 Å². The maximum Gasteiger partial charge on any atom is 0.315 e. The first-order valence-electron chi connectivity index (χ1n) is 9.56. The normalized spacial score (nSPS) is 13.8. The van der Waals surface area contributed by atoms with Gasteiger partial charge in [0.15, 0.2) is 0 Å². The Morgan fingerprint density at radius 3 is 2.67 bits per heavy atom.